The fourth-order valence-corrected chi connectivity index (χ4v) is 2.23. The maximum Gasteiger partial charge on any atom is 0.0382 e. The summed E-state index contributed by atoms with van der Waals surface area (Å²) in [5.41, 5.74) is 3.37. The molecule has 100 valence electrons. The molecule has 1 rings (SSSR count). The van der Waals surface area contributed by atoms with Gasteiger partial charge in [-0.25, -0.2) is 0 Å². The van der Waals surface area contributed by atoms with Crippen LogP contribution in [0.1, 0.15) is 58.3 Å². The van der Waals surface area contributed by atoms with E-state index in [0.717, 1.165) is 12.1 Å². The topological polar surface area (TPSA) is 12.0 Å². The third kappa shape index (κ3) is 5.39. The SMILES string of the molecule is C=C(CCCCCCCCC)C1=CC=CNC1=C. The Hall–Kier alpha value is -1.24. The highest BCUT2D eigenvalue weighted by Crippen LogP contribution is 2.22. The van der Waals surface area contributed by atoms with E-state index >= 15 is 0 Å². The van der Waals surface area contributed by atoms with Crippen LogP contribution in [0.2, 0.25) is 0 Å². The average Bonchev–Trinajstić information content (AvgIpc) is 2.38. The number of rotatable bonds is 9. The van der Waals surface area contributed by atoms with Gasteiger partial charge in [0.2, 0.25) is 0 Å². The molecule has 1 nitrogen and oxygen atoms in total. The molecule has 1 heterocycles. The minimum absolute atomic E-state index is 0.977. The summed E-state index contributed by atoms with van der Waals surface area (Å²) in [6.45, 7) is 10.4. The van der Waals surface area contributed by atoms with E-state index in [1.54, 1.807) is 0 Å². The van der Waals surface area contributed by atoms with Gasteiger partial charge in [0.25, 0.3) is 0 Å². The molecular weight excluding hydrogens is 218 g/mol. The van der Waals surface area contributed by atoms with Gasteiger partial charge in [-0.15, -0.1) is 0 Å². The normalized spacial score (nSPS) is 14.3. The highest BCUT2D eigenvalue weighted by molar-refractivity contribution is 5.47. The molecule has 0 radical (unpaired) electrons. The van der Waals surface area contributed by atoms with Crippen LogP contribution in [-0.4, -0.2) is 0 Å². The molecule has 18 heavy (non-hydrogen) atoms. The predicted molar refractivity (Wildman–Crippen MR) is 81.2 cm³/mol. The molecular formula is C17H27N. The molecule has 0 amide bonds. The summed E-state index contributed by atoms with van der Waals surface area (Å²) in [6.07, 6.45) is 16.6. The van der Waals surface area contributed by atoms with Crippen LogP contribution in [0.5, 0.6) is 0 Å². The van der Waals surface area contributed by atoms with Crippen molar-refractivity contribution in [1.82, 2.24) is 5.32 Å². The zero-order valence-electron chi connectivity index (χ0n) is 11.8. The molecule has 1 heteroatoms. The van der Waals surface area contributed by atoms with Crippen molar-refractivity contribution >= 4 is 0 Å². The zero-order valence-corrected chi connectivity index (χ0v) is 11.8. The van der Waals surface area contributed by atoms with E-state index in [9.17, 15) is 0 Å². The predicted octanol–water partition coefficient (Wildman–Crippen LogP) is 5.24. The summed E-state index contributed by atoms with van der Waals surface area (Å²) in [7, 11) is 0. The lowest BCUT2D eigenvalue weighted by molar-refractivity contribution is 0.589. The summed E-state index contributed by atoms with van der Waals surface area (Å²) < 4.78 is 0. The van der Waals surface area contributed by atoms with Crippen LogP contribution in [0.25, 0.3) is 0 Å². The Morgan fingerprint density at radius 1 is 1.11 bits per heavy atom. The molecule has 1 aliphatic heterocycles. The van der Waals surface area contributed by atoms with Crippen LogP contribution in [0.3, 0.4) is 0 Å². The van der Waals surface area contributed by atoms with Crippen LogP contribution in [0.4, 0.5) is 0 Å². The van der Waals surface area contributed by atoms with E-state index in [-0.39, 0.29) is 0 Å². The number of nitrogens with one attached hydrogen (secondary N) is 1. The summed E-state index contributed by atoms with van der Waals surface area (Å²) in [6, 6.07) is 0. The van der Waals surface area contributed by atoms with Gasteiger partial charge in [0.05, 0.1) is 0 Å². The third-order valence-electron chi connectivity index (χ3n) is 3.40. The van der Waals surface area contributed by atoms with Crippen molar-refractivity contribution in [2.45, 2.75) is 58.3 Å². The van der Waals surface area contributed by atoms with Crippen LogP contribution in [-0.2, 0) is 0 Å². The van der Waals surface area contributed by atoms with Crippen molar-refractivity contribution < 1.29 is 0 Å². The van der Waals surface area contributed by atoms with Crippen molar-refractivity contribution in [3.05, 3.63) is 48.4 Å². The first kappa shape index (κ1) is 14.8. The minimum Gasteiger partial charge on any atom is -0.362 e. The van der Waals surface area contributed by atoms with Gasteiger partial charge in [0.15, 0.2) is 0 Å². The molecule has 1 N–H and O–H groups in total. The van der Waals surface area contributed by atoms with Gasteiger partial charge in [0.1, 0.15) is 0 Å². The monoisotopic (exact) mass is 245 g/mol. The molecule has 0 saturated heterocycles. The average molecular weight is 245 g/mol. The molecule has 0 aromatic rings. The van der Waals surface area contributed by atoms with E-state index in [1.165, 1.54) is 56.1 Å². The van der Waals surface area contributed by atoms with Crippen LogP contribution < -0.4 is 5.32 Å². The molecule has 0 saturated carbocycles. The van der Waals surface area contributed by atoms with Crippen molar-refractivity contribution in [2.24, 2.45) is 0 Å². The van der Waals surface area contributed by atoms with Crippen molar-refractivity contribution in [1.29, 1.82) is 0 Å². The molecule has 1 aliphatic rings. The van der Waals surface area contributed by atoms with E-state index in [2.05, 4.69) is 31.5 Å². The Labute approximate surface area is 112 Å². The van der Waals surface area contributed by atoms with Crippen molar-refractivity contribution in [3.8, 4) is 0 Å². The van der Waals surface area contributed by atoms with Crippen LogP contribution in [0.15, 0.2) is 48.4 Å². The van der Waals surface area contributed by atoms with Gasteiger partial charge < -0.3 is 5.32 Å². The van der Waals surface area contributed by atoms with Crippen LogP contribution >= 0.6 is 0 Å². The van der Waals surface area contributed by atoms with Gasteiger partial charge >= 0.3 is 0 Å². The number of dihydropyridines is 1. The summed E-state index contributed by atoms with van der Waals surface area (Å²) >= 11 is 0. The highest BCUT2D eigenvalue weighted by atomic mass is 14.9. The van der Waals surface area contributed by atoms with E-state index in [4.69, 9.17) is 0 Å². The fraction of sp³-hybridized carbons (Fsp3) is 0.529. The second-order valence-electron chi connectivity index (χ2n) is 5.04. The third-order valence-corrected chi connectivity index (χ3v) is 3.40. The van der Waals surface area contributed by atoms with Gasteiger partial charge in [-0.1, -0.05) is 64.7 Å². The lowest BCUT2D eigenvalue weighted by Crippen LogP contribution is -2.10. The molecule has 0 spiro atoms. The number of hydrogen-bond acceptors (Lipinski definition) is 1. The largest absolute Gasteiger partial charge is 0.362 e. The first-order chi connectivity index (χ1) is 8.75. The lowest BCUT2D eigenvalue weighted by Gasteiger charge is -2.16. The second kappa shape index (κ2) is 8.79. The van der Waals surface area contributed by atoms with Crippen molar-refractivity contribution in [2.75, 3.05) is 0 Å². The fourth-order valence-electron chi connectivity index (χ4n) is 2.23. The Morgan fingerprint density at radius 3 is 2.44 bits per heavy atom. The number of unbranched alkanes of at least 4 members (excludes halogenated alkanes) is 6. The maximum atomic E-state index is 4.17. The Balaban J connectivity index is 2.12. The lowest BCUT2D eigenvalue weighted by atomic mass is 9.97. The first-order valence-electron chi connectivity index (χ1n) is 7.26. The first-order valence-corrected chi connectivity index (χ1v) is 7.26. The van der Waals surface area contributed by atoms with Gasteiger partial charge in [0, 0.05) is 11.9 Å². The molecule has 0 aromatic heterocycles. The van der Waals surface area contributed by atoms with E-state index in [0.29, 0.717) is 0 Å². The molecule has 0 unspecified atom stereocenters. The quantitative estimate of drug-likeness (QED) is 0.548. The highest BCUT2D eigenvalue weighted by Gasteiger charge is 2.07. The standard InChI is InChI=1S/C17H27N/c1-4-5-6-7-8-9-10-12-15(2)17-13-11-14-18-16(17)3/h11,13-14,18H,2-10,12H2,1H3. The van der Waals surface area contributed by atoms with E-state index < -0.39 is 0 Å². The Bertz CT molecular complexity index is 334. The molecule has 0 atom stereocenters. The summed E-state index contributed by atoms with van der Waals surface area (Å²) in [5, 5.41) is 3.13. The molecule has 0 bridgehead atoms. The Morgan fingerprint density at radius 2 is 1.78 bits per heavy atom. The molecule has 0 fully saturated rings. The van der Waals surface area contributed by atoms with Crippen LogP contribution in [0, 0.1) is 0 Å². The van der Waals surface area contributed by atoms with Gasteiger partial charge in [-0.3, -0.25) is 0 Å². The molecule has 0 aromatic carbocycles. The maximum absolute atomic E-state index is 4.17. The Kier molecular flexibility index (Phi) is 7.24. The minimum atomic E-state index is 0.977. The van der Waals surface area contributed by atoms with Gasteiger partial charge in [-0.05, 0) is 30.1 Å². The molecule has 0 aliphatic carbocycles. The van der Waals surface area contributed by atoms with Crippen molar-refractivity contribution in [3.63, 3.8) is 0 Å². The zero-order chi connectivity index (χ0) is 13.2. The number of allylic oxidation sites excluding steroid dienone is 3. The second-order valence-corrected chi connectivity index (χ2v) is 5.04. The van der Waals surface area contributed by atoms with E-state index in [1.807, 2.05) is 12.3 Å². The van der Waals surface area contributed by atoms with Gasteiger partial charge in [-0.2, -0.15) is 0 Å². The summed E-state index contributed by atoms with van der Waals surface area (Å²) in [4.78, 5) is 0. The summed E-state index contributed by atoms with van der Waals surface area (Å²) in [5.74, 6) is 0. The smallest absolute Gasteiger partial charge is 0.0382 e. The number of hydrogen-bond donors (Lipinski definition) is 1.